The second-order valence-electron chi connectivity index (χ2n) is 5.91. The topological polar surface area (TPSA) is 82.8 Å². The minimum Gasteiger partial charge on any atom is -0.493 e. The predicted molar refractivity (Wildman–Crippen MR) is 103 cm³/mol. The summed E-state index contributed by atoms with van der Waals surface area (Å²) in [6, 6.07) is 8.91. The molecule has 3 aromatic rings. The zero-order valence-electron chi connectivity index (χ0n) is 15.8. The number of carbonyl (C=O) groups is 1. The van der Waals surface area contributed by atoms with Gasteiger partial charge in [0.15, 0.2) is 17.1 Å². The Labute approximate surface area is 157 Å². The standard InChI is InChI=1S/C20H22N2O5/c1-5-6-18(23)21-13-7-8-15-14(11-13)22-20(27-15)12-9-16(24-2)19(26-4)17(10-12)25-3/h7-11H,5-6H2,1-4H3,(H,21,23). The van der Waals surface area contributed by atoms with Gasteiger partial charge in [0.05, 0.1) is 21.3 Å². The van der Waals surface area contributed by atoms with E-state index in [2.05, 4.69) is 10.3 Å². The summed E-state index contributed by atoms with van der Waals surface area (Å²) < 4.78 is 22.0. The van der Waals surface area contributed by atoms with Crippen molar-refractivity contribution in [3.63, 3.8) is 0 Å². The van der Waals surface area contributed by atoms with Crippen LogP contribution in [0.5, 0.6) is 17.2 Å². The van der Waals surface area contributed by atoms with Crippen LogP contribution in [0.2, 0.25) is 0 Å². The number of hydrogen-bond acceptors (Lipinski definition) is 6. The average Bonchev–Trinajstić information content (AvgIpc) is 3.10. The highest BCUT2D eigenvalue weighted by Crippen LogP contribution is 2.41. The molecule has 1 N–H and O–H groups in total. The van der Waals surface area contributed by atoms with Crippen molar-refractivity contribution < 1.29 is 23.4 Å². The second-order valence-corrected chi connectivity index (χ2v) is 5.91. The molecule has 0 radical (unpaired) electrons. The van der Waals surface area contributed by atoms with Crippen LogP contribution in [0.3, 0.4) is 0 Å². The maximum absolute atomic E-state index is 11.8. The van der Waals surface area contributed by atoms with Crippen molar-refractivity contribution in [1.29, 1.82) is 0 Å². The summed E-state index contributed by atoms with van der Waals surface area (Å²) in [6.07, 6.45) is 1.27. The van der Waals surface area contributed by atoms with Gasteiger partial charge in [-0.3, -0.25) is 4.79 Å². The monoisotopic (exact) mass is 370 g/mol. The second kappa shape index (κ2) is 7.99. The highest BCUT2D eigenvalue weighted by molar-refractivity contribution is 5.93. The smallest absolute Gasteiger partial charge is 0.227 e. The van der Waals surface area contributed by atoms with Gasteiger partial charge in [0.1, 0.15) is 5.52 Å². The first-order valence-electron chi connectivity index (χ1n) is 8.60. The molecule has 1 heterocycles. The van der Waals surface area contributed by atoms with E-state index in [4.69, 9.17) is 18.6 Å². The maximum atomic E-state index is 11.8. The van der Waals surface area contributed by atoms with Gasteiger partial charge >= 0.3 is 0 Å². The average molecular weight is 370 g/mol. The largest absolute Gasteiger partial charge is 0.493 e. The first-order chi connectivity index (χ1) is 13.1. The molecule has 0 atom stereocenters. The van der Waals surface area contributed by atoms with Gasteiger partial charge in [-0.25, -0.2) is 4.98 Å². The van der Waals surface area contributed by atoms with E-state index in [1.165, 1.54) is 0 Å². The van der Waals surface area contributed by atoms with Gasteiger partial charge in [-0.1, -0.05) is 6.92 Å². The Bertz CT molecular complexity index is 939. The normalized spacial score (nSPS) is 10.7. The molecule has 0 bridgehead atoms. The molecule has 2 aromatic carbocycles. The Hall–Kier alpha value is -3.22. The number of benzene rings is 2. The first-order valence-corrected chi connectivity index (χ1v) is 8.60. The number of rotatable bonds is 7. The zero-order chi connectivity index (χ0) is 19.4. The molecule has 0 saturated carbocycles. The Morgan fingerprint density at radius 3 is 2.37 bits per heavy atom. The number of nitrogens with zero attached hydrogens (tertiary/aromatic N) is 1. The van der Waals surface area contributed by atoms with E-state index in [9.17, 15) is 4.79 Å². The third-order valence-corrected chi connectivity index (χ3v) is 4.06. The van der Waals surface area contributed by atoms with Crippen LogP contribution in [-0.4, -0.2) is 32.2 Å². The number of fused-ring (bicyclic) bond motifs is 1. The fourth-order valence-electron chi connectivity index (χ4n) is 2.78. The van der Waals surface area contributed by atoms with E-state index in [-0.39, 0.29) is 5.91 Å². The summed E-state index contributed by atoms with van der Waals surface area (Å²) in [4.78, 5) is 16.3. The molecule has 0 unspecified atom stereocenters. The molecular formula is C20H22N2O5. The summed E-state index contributed by atoms with van der Waals surface area (Å²) in [7, 11) is 4.66. The number of hydrogen-bond donors (Lipinski definition) is 1. The van der Waals surface area contributed by atoms with Gasteiger partial charge in [-0.2, -0.15) is 0 Å². The molecule has 3 rings (SSSR count). The van der Waals surface area contributed by atoms with Gasteiger partial charge in [0, 0.05) is 17.7 Å². The molecule has 0 aliphatic carbocycles. The lowest BCUT2D eigenvalue weighted by Gasteiger charge is -2.12. The molecule has 1 amide bonds. The van der Waals surface area contributed by atoms with Crippen molar-refractivity contribution in [2.75, 3.05) is 26.6 Å². The molecule has 0 aliphatic rings. The van der Waals surface area contributed by atoms with Crippen LogP contribution < -0.4 is 19.5 Å². The summed E-state index contributed by atoms with van der Waals surface area (Å²) in [5.74, 6) is 1.93. The lowest BCUT2D eigenvalue weighted by Crippen LogP contribution is -2.10. The van der Waals surface area contributed by atoms with Gasteiger partial charge in [-0.05, 0) is 36.8 Å². The van der Waals surface area contributed by atoms with E-state index in [1.54, 1.807) is 51.7 Å². The fraction of sp³-hybridized carbons (Fsp3) is 0.300. The van der Waals surface area contributed by atoms with Gasteiger partial charge in [0.25, 0.3) is 0 Å². The molecule has 1 aromatic heterocycles. The number of nitrogens with one attached hydrogen (secondary N) is 1. The van der Waals surface area contributed by atoms with Crippen LogP contribution in [0.15, 0.2) is 34.7 Å². The van der Waals surface area contributed by atoms with Crippen LogP contribution in [0.1, 0.15) is 19.8 Å². The fourth-order valence-corrected chi connectivity index (χ4v) is 2.78. The molecule has 0 spiro atoms. The minimum absolute atomic E-state index is 0.0230. The third-order valence-electron chi connectivity index (χ3n) is 4.06. The first kappa shape index (κ1) is 18.6. The maximum Gasteiger partial charge on any atom is 0.227 e. The van der Waals surface area contributed by atoms with Crippen LogP contribution in [0.25, 0.3) is 22.6 Å². The lowest BCUT2D eigenvalue weighted by molar-refractivity contribution is -0.116. The molecular weight excluding hydrogens is 348 g/mol. The molecule has 7 nitrogen and oxygen atoms in total. The quantitative estimate of drug-likeness (QED) is 0.669. The van der Waals surface area contributed by atoms with Crippen LogP contribution in [-0.2, 0) is 4.79 Å². The number of anilines is 1. The van der Waals surface area contributed by atoms with Crippen LogP contribution in [0.4, 0.5) is 5.69 Å². The van der Waals surface area contributed by atoms with E-state index in [0.29, 0.717) is 51.9 Å². The molecule has 0 fully saturated rings. The summed E-state index contributed by atoms with van der Waals surface area (Å²) >= 11 is 0. The van der Waals surface area contributed by atoms with Gasteiger partial charge in [0.2, 0.25) is 17.5 Å². The minimum atomic E-state index is -0.0230. The number of ether oxygens (including phenoxy) is 3. The van der Waals surface area contributed by atoms with Crippen molar-refractivity contribution >= 4 is 22.7 Å². The van der Waals surface area contributed by atoms with Crippen molar-refractivity contribution in [1.82, 2.24) is 4.98 Å². The van der Waals surface area contributed by atoms with Crippen molar-refractivity contribution in [3.05, 3.63) is 30.3 Å². The van der Waals surface area contributed by atoms with E-state index < -0.39 is 0 Å². The van der Waals surface area contributed by atoms with Crippen molar-refractivity contribution in [3.8, 4) is 28.7 Å². The highest BCUT2D eigenvalue weighted by atomic mass is 16.5. The Morgan fingerprint density at radius 1 is 1.07 bits per heavy atom. The number of amides is 1. The van der Waals surface area contributed by atoms with Crippen molar-refractivity contribution in [2.45, 2.75) is 19.8 Å². The highest BCUT2D eigenvalue weighted by Gasteiger charge is 2.17. The molecule has 27 heavy (non-hydrogen) atoms. The third kappa shape index (κ3) is 3.81. The van der Waals surface area contributed by atoms with Crippen LogP contribution >= 0.6 is 0 Å². The number of carbonyl (C=O) groups excluding carboxylic acids is 1. The Kier molecular flexibility index (Phi) is 5.49. The Balaban J connectivity index is 1.99. The van der Waals surface area contributed by atoms with Crippen LogP contribution in [0, 0.1) is 0 Å². The summed E-state index contributed by atoms with van der Waals surface area (Å²) in [6.45, 7) is 1.96. The number of aromatic nitrogens is 1. The Morgan fingerprint density at radius 2 is 1.78 bits per heavy atom. The number of oxazole rings is 1. The predicted octanol–water partition coefficient (Wildman–Crippen LogP) is 4.26. The van der Waals surface area contributed by atoms with E-state index >= 15 is 0 Å². The van der Waals surface area contributed by atoms with Gasteiger partial charge < -0.3 is 23.9 Å². The SMILES string of the molecule is CCCC(=O)Nc1ccc2oc(-c3cc(OC)c(OC)c(OC)c3)nc2c1. The summed E-state index contributed by atoms with van der Waals surface area (Å²) in [5.41, 5.74) is 2.64. The van der Waals surface area contributed by atoms with E-state index in [0.717, 1.165) is 6.42 Å². The molecule has 0 saturated heterocycles. The van der Waals surface area contributed by atoms with Crippen molar-refractivity contribution in [2.24, 2.45) is 0 Å². The van der Waals surface area contributed by atoms with Gasteiger partial charge in [-0.15, -0.1) is 0 Å². The molecule has 7 heteroatoms. The van der Waals surface area contributed by atoms with E-state index in [1.807, 2.05) is 6.92 Å². The lowest BCUT2D eigenvalue weighted by atomic mass is 10.2. The zero-order valence-corrected chi connectivity index (χ0v) is 15.8. The number of methoxy groups -OCH3 is 3. The molecule has 0 aliphatic heterocycles. The summed E-state index contributed by atoms with van der Waals surface area (Å²) in [5, 5.41) is 2.86. The molecule has 142 valence electrons.